The van der Waals surface area contributed by atoms with E-state index in [0.29, 0.717) is 18.4 Å². The van der Waals surface area contributed by atoms with Gasteiger partial charge in [-0.2, -0.15) is 13.2 Å². The first-order valence-corrected chi connectivity index (χ1v) is 12.1. The van der Waals surface area contributed by atoms with Gasteiger partial charge in [-0.05, 0) is 30.2 Å². The van der Waals surface area contributed by atoms with E-state index in [1.165, 1.54) is 11.0 Å². The van der Waals surface area contributed by atoms with Gasteiger partial charge in [0.1, 0.15) is 5.75 Å². The Kier molecular flexibility index (Phi) is 6.30. The summed E-state index contributed by atoms with van der Waals surface area (Å²) in [5.41, 5.74) is 5.77. The maximum Gasteiger partial charge on any atom is 0.425 e. The zero-order chi connectivity index (χ0) is 25.8. The predicted octanol–water partition coefficient (Wildman–Crippen LogP) is 3.94. The van der Waals surface area contributed by atoms with E-state index in [4.69, 9.17) is 10.5 Å². The van der Waals surface area contributed by atoms with Crippen LogP contribution in [-0.2, 0) is 9.59 Å². The second kappa shape index (κ2) is 8.71. The number of fused-ring (bicyclic) bond motifs is 1. The van der Waals surface area contributed by atoms with E-state index in [9.17, 15) is 22.8 Å². The summed E-state index contributed by atoms with van der Waals surface area (Å²) >= 11 is 0. The molecule has 1 aromatic carbocycles. The maximum absolute atomic E-state index is 13.4. The minimum absolute atomic E-state index is 0.116. The number of carbonyl (C=O) groups is 2. The molecule has 1 aliphatic carbocycles. The zero-order valence-corrected chi connectivity index (χ0v) is 20.5. The number of ether oxygens (including phenoxy) is 1. The number of nitrogens with two attached hydrogens (primary N) is 1. The molecule has 1 saturated carbocycles. The van der Waals surface area contributed by atoms with Gasteiger partial charge in [0.25, 0.3) is 0 Å². The molecular weight excluding hydrogens is 461 g/mol. The van der Waals surface area contributed by atoms with E-state index in [0.717, 1.165) is 0 Å². The van der Waals surface area contributed by atoms with Crippen LogP contribution < -0.4 is 15.8 Å². The molecule has 0 bridgehead atoms. The van der Waals surface area contributed by atoms with Crippen molar-refractivity contribution in [2.45, 2.75) is 77.2 Å². The second-order valence-electron chi connectivity index (χ2n) is 10.5. The summed E-state index contributed by atoms with van der Waals surface area (Å²) in [7, 11) is 0. The number of alkyl halides is 3. The van der Waals surface area contributed by atoms with Gasteiger partial charge in [-0.15, -0.1) is 0 Å². The fourth-order valence-corrected chi connectivity index (χ4v) is 5.52. The van der Waals surface area contributed by atoms with Crippen molar-refractivity contribution >= 4 is 17.8 Å². The smallest absolute Gasteiger partial charge is 0.425 e. The molecule has 1 fully saturated rings. The normalized spacial score (nSPS) is 29.1. The number of amides is 2. The van der Waals surface area contributed by atoms with E-state index in [-0.39, 0.29) is 42.4 Å². The third kappa shape index (κ3) is 4.59. The number of rotatable bonds is 6. The average molecular weight is 495 g/mol. The highest BCUT2D eigenvalue weighted by molar-refractivity contribution is 5.99. The molecule has 10 heteroatoms. The first-order chi connectivity index (χ1) is 16.3. The van der Waals surface area contributed by atoms with Crippen molar-refractivity contribution < 1.29 is 27.5 Å². The SMILES string of the molecule is CCC1(CC)CC(=O)N(C[C@@H]2C(C(=O)N[C@H]3CC(C(F)(F)F)Oc4ccccc43)C2(C)C)C(N)=N1. The van der Waals surface area contributed by atoms with Gasteiger partial charge in [-0.1, -0.05) is 45.9 Å². The third-order valence-corrected chi connectivity index (χ3v) is 8.13. The fraction of sp³-hybridized carbons (Fsp3) is 0.640. The molecule has 2 heterocycles. The number of hydrogen-bond donors (Lipinski definition) is 2. The molecule has 4 atom stereocenters. The number of hydrogen-bond acceptors (Lipinski definition) is 5. The Morgan fingerprint density at radius 1 is 1.26 bits per heavy atom. The molecule has 35 heavy (non-hydrogen) atoms. The number of benzene rings is 1. The monoisotopic (exact) mass is 494 g/mol. The van der Waals surface area contributed by atoms with Crippen molar-refractivity contribution in [3.8, 4) is 5.75 Å². The summed E-state index contributed by atoms with van der Waals surface area (Å²) in [6, 6.07) is 5.63. The Morgan fingerprint density at radius 3 is 2.51 bits per heavy atom. The molecule has 0 spiro atoms. The van der Waals surface area contributed by atoms with Crippen LogP contribution in [0.2, 0.25) is 0 Å². The van der Waals surface area contributed by atoms with Crippen molar-refractivity contribution in [1.29, 1.82) is 0 Å². The lowest BCUT2D eigenvalue weighted by Gasteiger charge is -2.36. The topological polar surface area (TPSA) is 97.0 Å². The summed E-state index contributed by atoms with van der Waals surface area (Å²) in [5.74, 6) is -0.821. The quantitative estimate of drug-likeness (QED) is 0.626. The lowest BCUT2D eigenvalue weighted by atomic mass is 9.88. The highest BCUT2D eigenvalue weighted by Gasteiger charge is 2.63. The molecule has 4 rings (SSSR count). The second-order valence-corrected chi connectivity index (χ2v) is 10.5. The summed E-state index contributed by atoms with van der Waals surface area (Å²) < 4.78 is 45.5. The van der Waals surface area contributed by atoms with Crippen LogP contribution in [0.4, 0.5) is 13.2 Å². The lowest BCUT2D eigenvalue weighted by Crippen LogP contribution is -2.52. The van der Waals surface area contributed by atoms with Gasteiger partial charge in [0.2, 0.25) is 11.8 Å². The van der Waals surface area contributed by atoms with Gasteiger partial charge in [0.05, 0.1) is 18.0 Å². The third-order valence-electron chi connectivity index (χ3n) is 8.13. The predicted molar refractivity (Wildman–Crippen MR) is 124 cm³/mol. The Bertz CT molecular complexity index is 1040. The Balaban J connectivity index is 1.49. The molecule has 3 aliphatic rings. The van der Waals surface area contributed by atoms with Crippen LogP contribution in [0, 0.1) is 17.3 Å². The van der Waals surface area contributed by atoms with Gasteiger partial charge in [-0.25, -0.2) is 4.99 Å². The molecule has 192 valence electrons. The number of aliphatic imine (C=N–C) groups is 1. The van der Waals surface area contributed by atoms with Gasteiger partial charge < -0.3 is 15.8 Å². The number of para-hydroxylation sites is 1. The van der Waals surface area contributed by atoms with E-state index in [2.05, 4.69) is 10.3 Å². The number of nitrogens with one attached hydrogen (secondary N) is 1. The molecule has 0 aromatic heterocycles. The zero-order valence-electron chi connectivity index (χ0n) is 20.5. The van der Waals surface area contributed by atoms with Crippen LogP contribution in [0.25, 0.3) is 0 Å². The summed E-state index contributed by atoms with van der Waals surface area (Å²) in [6.07, 6.45) is -5.27. The molecule has 3 N–H and O–H groups in total. The van der Waals surface area contributed by atoms with Crippen molar-refractivity contribution in [3.63, 3.8) is 0 Å². The molecular formula is C25H33F3N4O3. The maximum atomic E-state index is 13.4. The lowest BCUT2D eigenvalue weighted by molar-refractivity contribution is -0.201. The van der Waals surface area contributed by atoms with Crippen molar-refractivity contribution in [1.82, 2.24) is 10.2 Å². The molecule has 2 amide bonds. The molecule has 1 aromatic rings. The van der Waals surface area contributed by atoms with E-state index >= 15 is 0 Å². The van der Waals surface area contributed by atoms with Gasteiger partial charge in [0, 0.05) is 24.4 Å². The van der Waals surface area contributed by atoms with E-state index in [1.807, 2.05) is 27.7 Å². The Labute approximate surface area is 203 Å². The number of nitrogens with zero attached hydrogens (tertiary/aromatic N) is 2. The first-order valence-electron chi connectivity index (χ1n) is 12.1. The molecule has 0 saturated heterocycles. The van der Waals surface area contributed by atoms with Crippen LogP contribution in [0.5, 0.6) is 5.75 Å². The van der Waals surface area contributed by atoms with Crippen molar-refractivity contribution in [2.24, 2.45) is 28.0 Å². The molecule has 2 aliphatic heterocycles. The van der Waals surface area contributed by atoms with Crippen molar-refractivity contribution in [2.75, 3.05) is 6.54 Å². The van der Waals surface area contributed by atoms with Crippen LogP contribution in [0.3, 0.4) is 0 Å². The van der Waals surface area contributed by atoms with Gasteiger partial charge in [0.15, 0.2) is 12.1 Å². The van der Waals surface area contributed by atoms with E-state index in [1.54, 1.807) is 18.2 Å². The first kappa shape index (κ1) is 25.3. The summed E-state index contributed by atoms with van der Waals surface area (Å²) in [4.78, 5) is 32.2. The molecule has 0 radical (unpaired) electrons. The number of halogens is 3. The Hall–Kier alpha value is -2.78. The average Bonchev–Trinajstić information content (AvgIpc) is 3.35. The van der Waals surface area contributed by atoms with Crippen LogP contribution >= 0.6 is 0 Å². The van der Waals surface area contributed by atoms with Gasteiger partial charge >= 0.3 is 6.18 Å². The Morgan fingerprint density at radius 2 is 1.91 bits per heavy atom. The minimum Gasteiger partial charge on any atom is -0.480 e. The molecule has 7 nitrogen and oxygen atoms in total. The van der Waals surface area contributed by atoms with Crippen LogP contribution in [0.1, 0.15) is 65.0 Å². The van der Waals surface area contributed by atoms with Gasteiger partial charge in [-0.3, -0.25) is 14.5 Å². The van der Waals surface area contributed by atoms with Crippen molar-refractivity contribution in [3.05, 3.63) is 29.8 Å². The highest BCUT2D eigenvalue weighted by Crippen LogP contribution is 2.59. The summed E-state index contributed by atoms with van der Waals surface area (Å²) in [6.45, 7) is 8.04. The fourth-order valence-electron chi connectivity index (χ4n) is 5.52. The number of carbonyl (C=O) groups excluding carboxylic acids is 2. The standard InChI is InChI=1S/C25H33F3N4O3/c1-5-24(6-2)12-19(33)32(22(29)31-24)13-15-20(23(15,3)4)21(34)30-16-11-18(25(26,27)28)35-17-10-8-7-9-14(16)17/h7-10,15-16,18,20H,5-6,11-13H2,1-4H3,(H2,29,31)(H,30,34)/t15-,16+,18?,20?/m1/s1. The minimum atomic E-state index is -4.55. The summed E-state index contributed by atoms with van der Waals surface area (Å²) in [5, 5.41) is 2.83. The highest BCUT2D eigenvalue weighted by atomic mass is 19.4. The number of guanidine groups is 1. The van der Waals surface area contributed by atoms with Crippen LogP contribution in [-0.4, -0.2) is 47.0 Å². The molecule has 2 unspecified atom stereocenters. The van der Waals surface area contributed by atoms with Crippen LogP contribution in [0.15, 0.2) is 29.3 Å². The largest absolute Gasteiger partial charge is 0.480 e. The van der Waals surface area contributed by atoms with E-state index < -0.39 is 41.6 Å².